The number of benzene rings is 2. The second-order valence-electron chi connectivity index (χ2n) is 13.6. The number of phenols is 1. The predicted molar refractivity (Wildman–Crippen MR) is 178 cm³/mol. The third kappa shape index (κ3) is 5.85. The number of aromatic hydroxyl groups is 1. The number of hydrogen-bond acceptors (Lipinski definition) is 12. The summed E-state index contributed by atoms with van der Waals surface area (Å²) >= 11 is 0. The van der Waals surface area contributed by atoms with Crippen LogP contribution in [-0.4, -0.2) is 94.8 Å². The number of aliphatic hydroxyl groups excluding tert-OH is 2. The highest BCUT2D eigenvalue weighted by Gasteiger charge is 2.64. The number of methoxy groups -OCH3 is 2. The summed E-state index contributed by atoms with van der Waals surface area (Å²) in [7, 11) is 5.95. The number of likely N-dealkylation sites (N-methyl/N-ethyl adjacent to an activating group) is 1. The third-order valence-electron chi connectivity index (χ3n) is 9.90. The zero-order chi connectivity index (χ0) is 36.1. The SMILES string of the molecule is COC(=O)C(CC(C)C)NCc1ccc(OC)c(-c2ccc(O)c3c2C[C@H]2C[C@H]4[C@@H](N(C)C)C(=O)C(C(N)=O)=C(O)[C@@]4(O)C(=O)C2=C3O)c1. The second-order valence-corrected chi connectivity index (χ2v) is 13.6. The first-order valence-corrected chi connectivity index (χ1v) is 16.1. The first-order chi connectivity index (χ1) is 23.1. The lowest BCUT2D eigenvalue weighted by Crippen LogP contribution is -2.65. The van der Waals surface area contributed by atoms with E-state index in [-0.39, 0.29) is 41.6 Å². The molecule has 0 heterocycles. The molecule has 1 amide bonds. The molecule has 0 aliphatic heterocycles. The third-order valence-corrected chi connectivity index (χ3v) is 9.90. The van der Waals surface area contributed by atoms with Crippen LogP contribution < -0.4 is 15.8 Å². The largest absolute Gasteiger partial charge is 0.508 e. The molecule has 1 saturated carbocycles. The Morgan fingerprint density at radius 1 is 1.08 bits per heavy atom. The minimum Gasteiger partial charge on any atom is -0.508 e. The average Bonchev–Trinajstić information content (AvgIpc) is 3.03. The van der Waals surface area contributed by atoms with Crippen molar-refractivity contribution in [2.75, 3.05) is 28.3 Å². The Balaban J connectivity index is 1.62. The minimum atomic E-state index is -2.72. The topological polar surface area (TPSA) is 209 Å². The number of fused-ring (bicyclic) bond motifs is 3. The van der Waals surface area contributed by atoms with Crippen LogP contribution in [0.4, 0.5) is 0 Å². The van der Waals surface area contributed by atoms with Crippen LogP contribution >= 0.6 is 0 Å². The number of primary amides is 1. The van der Waals surface area contributed by atoms with Gasteiger partial charge in [0, 0.05) is 23.6 Å². The Morgan fingerprint density at radius 3 is 2.37 bits per heavy atom. The van der Waals surface area contributed by atoms with Crippen LogP contribution in [0.15, 0.2) is 47.2 Å². The monoisotopic (exact) mass is 677 g/mol. The fraction of sp³-hybridized carbons (Fsp3) is 0.444. The maximum absolute atomic E-state index is 14.2. The molecule has 5 rings (SSSR count). The van der Waals surface area contributed by atoms with Gasteiger partial charge in [0.05, 0.1) is 25.8 Å². The molecule has 2 aromatic rings. The van der Waals surface area contributed by atoms with Crippen LogP contribution in [0.1, 0.15) is 43.4 Å². The van der Waals surface area contributed by atoms with Gasteiger partial charge in [-0.2, -0.15) is 0 Å². The fourth-order valence-corrected chi connectivity index (χ4v) is 7.69. The Bertz CT molecular complexity index is 1790. The Morgan fingerprint density at radius 2 is 1.78 bits per heavy atom. The van der Waals surface area contributed by atoms with E-state index in [0.29, 0.717) is 35.4 Å². The number of amides is 1. The maximum Gasteiger partial charge on any atom is 0.322 e. The van der Waals surface area contributed by atoms with E-state index in [2.05, 4.69) is 5.32 Å². The van der Waals surface area contributed by atoms with Gasteiger partial charge in [-0.3, -0.25) is 24.1 Å². The molecule has 7 N–H and O–H groups in total. The van der Waals surface area contributed by atoms with Gasteiger partial charge in [0.1, 0.15) is 34.6 Å². The normalized spacial score (nSPS) is 24.1. The molecule has 13 nitrogen and oxygen atoms in total. The number of carbonyl (C=O) groups excluding carboxylic acids is 4. The van der Waals surface area contributed by atoms with Crippen molar-refractivity contribution in [2.24, 2.45) is 23.5 Å². The lowest BCUT2D eigenvalue weighted by molar-refractivity contribution is -0.153. The van der Waals surface area contributed by atoms with Crippen LogP contribution in [0.5, 0.6) is 11.5 Å². The second kappa shape index (κ2) is 13.3. The van der Waals surface area contributed by atoms with Crippen molar-refractivity contribution in [3.63, 3.8) is 0 Å². The number of hydrogen-bond donors (Lipinski definition) is 6. The molecule has 3 aliphatic rings. The molecule has 1 unspecified atom stereocenters. The quantitative estimate of drug-likeness (QED) is 0.158. The number of phenolic OH excluding ortho intramolecular Hbond substituents is 1. The van der Waals surface area contributed by atoms with Gasteiger partial charge in [0.2, 0.25) is 5.78 Å². The summed E-state index contributed by atoms with van der Waals surface area (Å²) in [5.41, 5.74) is 4.10. The maximum atomic E-state index is 14.2. The number of ether oxygens (including phenoxy) is 2. The van der Waals surface area contributed by atoms with Crippen molar-refractivity contribution < 1.29 is 49.1 Å². The van der Waals surface area contributed by atoms with E-state index >= 15 is 0 Å². The Kier molecular flexibility index (Phi) is 9.66. The van der Waals surface area contributed by atoms with Gasteiger partial charge in [-0.15, -0.1) is 0 Å². The molecule has 3 aliphatic carbocycles. The molecule has 1 fully saturated rings. The molecule has 5 atom stereocenters. The summed E-state index contributed by atoms with van der Waals surface area (Å²) in [5.74, 6) is -6.80. The van der Waals surface area contributed by atoms with Crippen LogP contribution in [-0.2, 0) is 36.9 Å². The molecule has 49 heavy (non-hydrogen) atoms. The van der Waals surface area contributed by atoms with E-state index in [1.54, 1.807) is 26.2 Å². The summed E-state index contributed by atoms with van der Waals surface area (Å²) in [6.45, 7) is 4.34. The molecule has 0 bridgehead atoms. The van der Waals surface area contributed by atoms with Gasteiger partial charge in [-0.1, -0.05) is 26.0 Å². The molecule has 0 aromatic heterocycles. The number of nitrogens with one attached hydrogen (secondary N) is 1. The zero-order valence-corrected chi connectivity index (χ0v) is 28.4. The highest BCUT2D eigenvalue weighted by molar-refractivity contribution is 6.24. The first-order valence-electron chi connectivity index (χ1n) is 16.1. The van der Waals surface area contributed by atoms with Crippen LogP contribution in [0.25, 0.3) is 16.9 Å². The number of Topliss-reactive ketones (excluding diaryl/α,β-unsaturated/α-hetero) is 2. The van der Waals surface area contributed by atoms with Gasteiger partial charge in [0.15, 0.2) is 11.4 Å². The van der Waals surface area contributed by atoms with Crippen molar-refractivity contribution in [1.29, 1.82) is 0 Å². The zero-order valence-electron chi connectivity index (χ0n) is 28.4. The summed E-state index contributed by atoms with van der Waals surface area (Å²) in [6, 6.07) is 6.85. The number of nitrogens with two attached hydrogens (primary N) is 1. The highest BCUT2D eigenvalue weighted by Crippen LogP contribution is 2.54. The lowest BCUT2D eigenvalue weighted by atomic mass is 9.57. The minimum absolute atomic E-state index is 0.0259. The summed E-state index contributed by atoms with van der Waals surface area (Å²) in [5, 5.41) is 48.9. The Hall–Kier alpha value is -4.72. The molecule has 2 aromatic carbocycles. The molecular weight excluding hydrogens is 634 g/mol. The van der Waals surface area contributed by atoms with Crippen LogP contribution in [0.2, 0.25) is 0 Å². The number of nitrogens with zero attached hydrogens (tertiary/aromatic N) is 1. The number of aliphatic hydroxyl groups is 3. The average molecular weight is 678 g/mol. The smallest absolute Gasteiger partial charge is 0.322 e. The van der Waals surface area contributed by atoms with E-state index in [9.17, 15) is 39.6 Å². The van der Waals surface area contributed by atoms with E-state index < -0.39 is 64.1 Å². The van der Waals surface area contributed by atoms with Gasteiger partial charge in [0.25, 0.3) is 5.91 Å². The molecule has 0 saturated heterocycles. The van der Waals surface area contributed by atoms with Crippen molar-refractivity contribution in [3.8, 4) is 22.6 Å². The van der Waals surface area contributed by atoms with E-state index in [0.717, 1.165) is 5.56 Å². The van der Waals surface area contributed by atoms with Crippen molar-refractivity contribution in [3.05, 3.63) is 63.9 Å². The van der Waals surface area contributed by atoms with Gasteiger partial charge in [-0.05, 0) is 80.1 Å². The number of rotatable bonds is 10. The standard InChI is InChI=1S/C36H43N3O10/c1-16(2)11-23(35(46)49-6)38-15-17-7-10-25(48-5)20(12-17)19-8-9-24(40)27-21(19)13-18-14-22-29(39(3)4)31(42)28(34(37)45)33(44)36(22,47)32(43)26(18)30(27)41/h7-10,12,16,18,22-23,29,38,40-41,44,47H,11,13-15H2,1-6H3,(H2,37,45)/t18-,22-,23?,29+,36-/m0/s1. The van der Waals surface area contributed by atoms with E-state index in [4.69, 9.17) is 15.2 Å². The van der Waals surface area contributed by atoms with Crippen molar-refractivity contribution in [1.82, 2.24) is 10.2 Å². The first kappa shape index (κ1) is 35.6. The molecule has 0 spiro atoms. The summed E-state index contributed by atoms with van der Waals surface area (Å²) < 4.78 is 10.7. The highest BCUT2D eigenvalue weighted by atomic mass is 16.5. The lowest BCUT2D eigenvalue weighted by Gasteiger charge is -2.50. The van der Waals surface area contributed by atoms with E-state index in [1.165, 1.54) is 25.2 Å². The number of esters is 1. The summed E-state index contributed by atoms with van der Waals surface area (Å²) in [4.78, 5) is 53.7. The van der Waals surface area contributed by atoms with Crippen LogP contribution in [0, 0.1) is 17.8 Å². The number of carbonyl (C=O) groups is 4. The van der Waals surface area contributed by atoms with Gasteiger partial charge >= 0.3 is 5.97 Å². The predicted octanol–water partition coefficient (Wildman–Crippen LogP) is 2.32. The molecule has 13 heteroatoms. The Labute approximate surface area is 284 Å². The van der Waals surface area contributed by atoms with Crippen LogP contribution in [0.3, 0.4) is 0 Å². The van der Waals surface area contributed by atoms with Gasteiger partial charge < -0.3 is 41.0 Å². The fourth-order valence-electron chi connectivity index (χ4n) is 7.69. The van der Waals surface area contributed by atoms with Crippen molar-refractivity contribution in [2.45, 2.75) is 57.3 Å². The molecule has 262 valence electrons. The summed E-state index contributed by atoms with van der Waals surface area (Å²) in [6.07, 6.45) is 0.651. The molecular formula is C36H43N3O10. The number of ketones is 2. The van der Waals surface area contributed by atoms with Gasteiger partial charge in [-0.25, -0.2) is 0 Å². The molecule has 0 radical (unpaired) electrons. The van der Waals surface area contributed by atoms with Crippen molar-refractivity contribution >= 4 is 29.2 Å². The van der Waals surface area contributed by atoms with E-state index in [1.807, 2.05) is 26.0 Å².